The van der Waals surface area contributed by atoms with Crippen molar-refractivity contribution in [3.05, 3.63) is 29.3 Å². The number of nitrogens with zero attached hydrogens (tertiary/aromatic N) is 4. The highest BCUT2D eigenvalue weighted by molar-refractivity contribution is 7.13. The van der Waals surface area contributed by atoms with Crippen molar-refractivity contribution in [2.45, 2.75) is 32.2 Å². The number of allylic oxidation sites excluding steroid dienone is 1. The molecule has 0 spiro atoms. The van der Waals surface area contributed by atoms with E-state index in [1.54, 1.807) is 11.3 Å². The molecular formula is C18H23N5OS. The Bertz CT molecular complexity index is 754. The lowest BCUT2D eigenvalue weighted by molar-refractivity contribution is 0.122. The number of anilines is 2. The number of rotatable bonds is 4. The molecule has 4 rings (SSSR count). The lowest BCUT2D eigenvalue weighted by atomic mass is 10.0. The van der Waals surface area contributed by atoms with Crippen LogP contribution in [0.25, 0.3) is 10.8 Å². The summed E-state index contributed by atoms with van der Waals surface area (Å²) in [5.74, 6) is 2.55. The third-order valence-corrected chi connectivity index (χ3v) is 5.44. The standard InChI is InChI=1S/C18H23N5OS/c1-13-12-25-18(19-13)17-21-15(20-14-5-3-2-4-6-14)11-16(22-17)23-7-9-24-10-8-23/h2-3,11-12,14H,4-10H2,1H3,(H,20,21,22). The van der Waals surface area contributed by atoms with E-state index in [2.05, 4.69) is 33.4 Å². The maximum Gasteiger partial charge on any atom is 0.192 e. The Balaban J connectivity index is 1.65. The Morgan fingerprint density at radius 2 is 2.08 bits per heavy atom. The van der Waals surface area contributed by atoms with E-state index in [4.69, 9.17) is 14.7 Å². The summed E-state index contributed by atoms with van der Waals surface area (Å²) in [6, 6.07) is 2.50. The first-order valence-corrected chi connectivity index (χ1v) is 9.72. The number of nitrogens with one attached hydrogen (secondary N) is 1. The van der Waals surface area contributed by atoms with Crippen molar-refractivity contribution in [3.8, 4) is 10.8 Å². The molecule has 132 valence electrons. The van der Waals surface area contributed by atoms with E-state index in [-0.39, 0.29) is 0 Å². The fourth-order valence-corrected chi connectivity index (χ4v) is 3.88. The second-order valence-electron chi connectivity index (χ2n) is 6.45. The highest BCUT2D eigenvalue weighted by atomic mass is 32.1. The van der Waals surface area contributed by atoms with Crippen LogP contribution in [0.15, 0.2) is 23.6 Å². The molecule has 2 aromatic rings. The lowest BCUT2D eigenvalue weighted by Gasteiger charge is -2.28. The van der Waals surface area contributed by atoms with Gasteiger partial charge in [0.15, 0.2) is 10.8 Å². The quantitative estimate of drug-likeness (QED) is 0.848. The lowest BCUT2D eigenvalue weighted by Crippen LogP contribution is -2.37. The molecular weight excluding hydrogens is 334 g/mol. The zero-order chi connectivity index (χ0) is 17.1. The summed E-state index contributed by atoms with van der Waals surface area (Å²) in [4.78, 5) is 16.4. The molecule has 3 heterocycles. The van der Waals surface area contributed by atoms with Gasteiger partial charge in [0.25, 0.3) is 0 Å². The highest BCUT2D eigenvalue weighted by Gasteiger charge is 2.18. The molecule has 2 aromatic heterocycles. The number of aromatic nitrogens is 3. The fraction of sp³-hybridized carbons (Fsp3) is 0.500. The van der Waals surface area contributed by atoms with Crippen LogP contribution in [0.2, 0.25) is 0 Å². The summed E-state index contributed by atoms with van der Waals surface area (Å²) in [5.41, 5.74) is 1.01. The molecule has 1 aliphatic carbocycles. The van der Waals surface area contributed by atoms with Crippen LogP contribution < -0.4 is 10.2 Å². The monoisotopic (exact) mass is 357 g/mol. The Labute approximate surface area is 152 Å². The van der Waals surface area contributed by atoms with Crippen LogP contribution in [0.4, 0.5) is 11.6 Å². The highest BCUT2D eigenvalue weighted by Crippen LogP contribution is 2.27. The smallest absolute Gasteiger partial charge is 0.192 e. The van der Waals surface area contributed by atoms with Crippen molar-refractivity contribution in [1.29, 1.82) is 0 Å². The van der Waals surface area contributed by atoms with Gasteiger partial charge in [0.2, 0.25) is 0 Å². The minimum absolute atomic E-state index is 0.434. The predicted molar refractivity (Wildman–Crippen MR) is 101 cm³/mol. The molecule has 1 N–H and O–H groups in total. The summed E-state index contributed by atoms with van der Waals surface area (Å²) in [7, 11) is 0. The third-order valence-electron chi connectivity index (χ3n) is 4.48. The number of ether oxygens (including phenoxy) is 1. The SMILES string of the molecule is Cc1csc(-c2nc(NC3CC=CCC3)cc(N3CCOCC3)n2)n1. The van der Waals surface area contributed by atoms with Crippen molar-refractivity contribution in [2.75, 3.05) is 36.5 Å². The van der Waals surface area contributed by atoms with Gasteiger partial charge in [-0.25, -0.2) is 15.0 Å². The molecule has 7 heteroatoms. The van der Waals surface area contributed by atoms with Crippen molar-refractivity contribution in [3.63, 3.8) is 0 Å². The summed E-state index contributed by atoms with van der Waals surface area (Å²) in [6.07, 6.45) is 7.80. The first-order valence-electron chi connectivity index (χ1n) is 8.84. The van der Waals surface area contributed by atoms with Crippen LogP contribution in [0.1, 0.15) is 25.0 Å². The summed E-state index contributed by atoms with van der Waals surface area (Å²) < 4.78 is 5.47. The van der Waals surface area contributed by atoms with E-state index >= 15 is 0 Å². The minimum Gasteiger partial charge on any atom is -0.378 e. The minimum atomic E-state index is 0.434. The fourth-order valence-electron chi connectivity index (χ4n) is 3.15. The Kier molecular flexibility index (Phi) is 4.94. The second-order valence-corrected chi connectivity index (χ2v) is 7.31. The molecule has 0 aromatic carbocycles. The Morgan fingerprint density at radius 3 is 2.80 bits per heavy atom. The number of hydrogen-bond acceptors (Lipinski definition) is 7. The van der Waals surface area contributed by atoms with Crippen LogP contribution in [0.3, 0.4) is 0 Å². The van der Waals surface area contributed by atoms with Gasteiger partial charge in [-0.2, -0.15) is 0 Å². The van der Waals surface area contributed by atoms with Gasteiger partial charge in [-0.15, -0.1) is 11.3 Å². The normalized spacial score (nSPS) is 20.7. The van der Waals surface area contributed by atoms with Crippen LogP contribution in [0.5, 0.6) is 0 Å². The number of aryl methyl sites for hydroxylation is 1. The summed E-state index contributed by atoms with van der Waals surface area (Å²) in [5, 5.41) is 6.51. The molecule has 1 atom stereocenters. The molecule has 6 nitrogen and oxygen atoms in total. The van der Waals surface area contributed by atoms with Crippen LogP contribution in [-0.4, -0.2) is 47.3 Å². The molecule has 1 aliphatic heterocycles. The van der Waals surface area contributed by atoms with Crippen molar-refractivity contribution in [1.82, 2.24) is 15.0 Å². The summed E-state index contributed by atoms with van der Waals surface area (Å²) >= 11 is 1.59. The zero-order valence-electron chi connectivity index (χ0n) is 14.4. The van der Waals surface area contributed by atoms with Gasteiger partial charge in [-0.1, -0.05) is 12.2 Å². The van der Waals surface area contributed by atoms with E-state index in [0.717, 1.165) is 67.9 Å². The van der Waals surface area contributed by atoms with Gasteiger partial charge >= 0.3 is 0 Å². The maximum atomic E-state index is 5.47. The van der Waals surface area contributed by atoms with Gasteiger partial charge in [0.05, 0.1) is 13.2 Å². The van der Waals surface area contributed by atoms with E-state index < -0.39 is 0 Å². The first kappa shape index (κ1) is 16.5. The number of morpholine rings is 1. The van der Waals surface area contributed by atoms with E-state index in [0.29, 0.717) is 11.9 Å². The molecule has 25 heavy (non-hydrogen) atoms. The van der Waals surface area contributed by atoms with Crippen LogP contribution in [0, 0.1) is 6.92 Å². The van der Waals surface area contributed by atoms with Crippen molar-refractivity contribution in [2.24, 2.45) is 0 Å². The van der Waals surface area contributed by atoms with Crippen molar-refractivity contribution >= 4 is 23.0 Å². The molecule has 2 aliphatic rings. The molecule has 1 fully saturated rings. The number of hydrogen-bond donors (Lipinski definition) is 1. The van der Waals surface area contributed by atoms with Gasteiger partial charge in [-0.05, 0) is 26.2 Å². The zero-order valence-corrected chi connectivity index (χ0v) is 15.3. The predicted octanol–water partition coefficient (Wildman–Crippen LogP) is 3.27. The van der Waals surface area contributed by atoms with Gasteiger partial charge in [-0.3, -0.25) is 0 Å². The van der Waals surface area contributed by atoms with Crippen LogP contribution in [-0.2, 0) is 4.74 Å². The van der Waals surface area contributed by atoms with Gasteiger partial charge in [0, 0.05) is 36.3 Å². The van der Waals surface area contributed by atoms with E-state index in [1.807, 2.05) is 12.3 Å². The molecule has 0 radical (unpaired) electrons. The second kappa shape index (κ2) is 7.49. The van der Waals surface area contributed by atoms with Crippen LogP contribution >= 0.6 is 11.3 Å². The molecule has 1 saturated heterocycles. The Morgan fingerprint density at radius 1 is 1.20 bits per heavy atom. The molecule has 1 unspecified atom stereocenters. The first-order chi connectivity index (χ1) is 12.3. The molecule has 0 amide bonds. The van der Waals surface area contributed by atoms with Crippen molar-refractivity contribution < 1.29 is 4.74 Å². The average Bonchev–Trinajstić information content (AvgIpc) is 3.10. The van der Waals surface area contributed by atoms with Gasteiger partial charge in [0.1, 0.15) is 11.6 Å². The average molecular weight is 357 g/mol. The largest absolute Gasteiger partial charge is 0.378 e. The van der Waals surface area contributed by atoms with E-state index in [9.17, 15) is 0 Å². The topological polar surface area (TPSA) is 63.2 Å². The Hall–Kier alpha value is -1.99. The number of thiazole rings is 1. The molecule has 0 saturated carbocycles. The van der Waals surface area contributed by atoms with E-state index in [1.165, 1.54) is 0 Å². The van der Waals surface area contributed by atoms with Gasteiger partial charge < -0.3 is 15.0 Å². The molecule has 0 bridgehead atoms. The maximum absolute atomic E-state index is 5.47. The summed E-state index contributed by atoms with van der Waals surface area (Å²) in [6.45, 7) is 5.20. The third kappa shape index (κ3) is 3.99.